The lowest BCUT2D eigenvalue weighted by Crippen LogP contribution is -1.98. The summed E-state index contributed by atoms with van der Waals surface area (Å²) >= 11 is 0. The summed E-state index contributed by atoms with van der Waals surface area (Å²) in [7, 11) is 0. The monoisotopic (exact) mass is 125 g/mol. The van der Waals surface area contributed by atoms with E-state index in [1.54, 1.807) is 6.07 Å². The van der Waals surface area contributed by atoms with E-state index in [0.29, 0.717) is 0 Å². The molecule has 0 bridgehead atoms. The Morgan fingerprint density at radius 1 is 1.67 bits per heavy atom. The summed E-state index contributed by atoms with van der Waals surface area (Å²) in [5, 5.41) is 11.3. The van der Waals surface area contributed by atoms with Crippen molar-refractivity contribution in [1.82, 2.24) is 0 Å². The zero-order valence-electron chi connectivity index (χ0n) is 4.53. The van der Waals surface area contributed by atoms with Gasteiger partial charge in [0.15, 0.2) is 0 Å². The Bertz CT molecular complexity index is 224. The van der Waals surface area contributed by atoms with E-state index in [4.69, 9.17) is 5.11 Å². The molecule has 0 fully saturated rings. The van der Waals surface area contributed by atoms with Gasteiger partial charge in [0, 0.05) is 0 Å². The summed E-state index contributed by atoms with van der Waals surface area (Å²) in [5.74, 6) is -0.176. The zero-order chi connectivity index (χ0) is 6.69. The predicted molar refractivity (Wildman–Crippen MR) is 30.1 cm³/mol. The van der Waals surface area contributed by atoms with Crippen LogP contribution in [0.1, 0.15) is 0 Å². The summed E-state index contributed by atoms with van der Waals surface area (Å²) in [6.45, 7) is 0. The fourth-order valence-electron chi connectivity index (χ4n) is 0.492. The number of nitrogens with one attached hydrogen (secondary N) is 1. The van der Waals surface area contributed by atoms with Crippen molar-refractivity contribution in [2.75, 3.05) is 0 Å². The maximum absolute atomic E-state index is 9.79. The Kier molecular flexibility index (Phi) is 1.40. The highest BCUT2D eigenvalue weighted by molar-refractivity contribution is 5.36. The number of aromatic nitrogens is 1. The second-order valence-corrected chi connectivity index (χ2v) is 1.50. The van der Waals surface area contributed by atoms with Gasteiger partial charge in [-0.2, -0.15) is 0 Å². The molecule has 4 nitrogen and oxygen atoms in total. The molecule has 0 radical (unpaired) electrons. The number of H-pyrrole nitrogens is 1. The molecule has 4 heteroatoms. The van der Waals surface area contributed by atoms with Crippen molar-refractivity contribution in [2.24, 2.45) is 5.18 Å². The van der Waals surface area contributed by atoms with Crippen LogP contribution in [0, 0.1) is 4.91 Å². The highest BCUT2D eigenvalue weighted by atomic mass is 16.3. The smallest absolute Gasteiger partial charge is 0.414 e. The number of hydrogen-bond donors (Lipinski definition) is 1. The molecule has 0 saturated carbocycles. The number of aromatic hydroxyl groups is 1. The lowest BCUT2D eigenvalue weighted by molar-refractivity contribution is -0.363. The normalized spacial score (nSPS) is 8.89. The largest absolute Gasteiger partial charge is 0.501 e. The van der Waals surface area contributed by atoms with Crippen molar-refractivity contribution in [3.05, 3.63) is 23.2 Å². The van der Waals surface area contributed by atoms with Gasteiger partial charge in [-0.05, 0) is 17.0 Å². The summed E-state index contributed by atoms with van der Waals surface area (Å²) in [6.07, 6.45) is 1.51. The van der Waals surface area contributed by atoms with Crippen LogP contribution in [0.25, 0.3) is 0 Å². The number of rotatable bonds is 1. The Labute approximate surface area is 51.1 Å². The average molecular weight is 125 g/mol. The zero-order valence-corrected chi connectivity index (χ0v) is 4.53. The number of nitroso groups, excluding NO2 is 1. The van der Waals surface area contributed by atoms with Crippen molar-refractivity contribution < 1.29 is 10.1 Å². The molecule has 9 heavy (non-hydrogen) atoms. The van der Waals surface area contributed by atoms with E-state index < -0.39 is 0 Å². The fraction of sp³-hybridized carbons (Fsp3) is 0. The van der Waals surface area contributed by atoms with Gasteiger partial charge in [0.1, 0.15) is 0 Å². The van der Waals surface area contributed by atoms with Crippen LogP contribution < -0.4 is 4.98 Å². The van der Waals surface area contributed by atoms with Crippen LogP contribution in [-0.2, 0) is 0 Å². The lowest BCUT2D eigenvalue weighted by Gasteiger charge is -1.82. The first-order valence-electron chi connectivity index (χ1n) is 2.37. The van der Waals surface area contributed by atoms with Gasteiger partial charge in [0.25, 0.3) is 0 Å². The van der Waals surface area contributed by atoms with Crippen molar-refractivity contribution in [1.29, 1.82) is 0 Å². The highest BCUT2D eigenvalue weighted by Gasteiger charge is 2.07. The Hall–Kier alpha value is -1.45. The predicted octanol–water partition coefficient (Wildman–Crippen LogP) is 0.604. The fourth-order valence-corrected chi connectivity index (χ4v) is 0.492. The van der Waals surface area contributed by atoms with E-state index in [2.05, 4.69) is 10.2 Å². The molecule has 0 aliphatic carbocycles. The first-order chi connectivity index (χ1) is 4.34. The van der Waals surface area contributed by atoms with Gasteiger partial charge < -0.3 is 5.11 Å². The lowest BCUT2D eigenvalue weighted by atomic mass is 10.4. The van der Waals surface area contributed by atoms with Crippen LogP contribution >= 0.6 is 0 Å². The van der Waals surface area contributed by atoms with Crippen LogP contribution in [0.5, 0.6) is 5.75 Å². The minimum absolute atomic E-state index is 0.0440. The van der Waals surface area contributed by atoms with Gasteiger partial charge >= 0.3 is 5.82 Å². The molecule has 0 atom stereocenters. The standard InChI is InChI=1S/C5H4N2O2/c8-4-2-1-3-6-5(4)7-9/h1-3,8H/p+1. The minimum Gasteiger partial charge on any atom is -0.501 e. The Morgan fingerprint density at radius 3 is 2.89 bits per heavy atom. The average Bonchev–Trinajstić information content (AvgIpc) is 1.89. The minimum atomic E-state index is -0.132. The molecule has 1 aromatic heterocycles. The van der Waals surface area contributed by atoms with Gasteiger partial charge in [-0.25, -0.2) is 4.98 Å². The molecule has 1 rings (SSSR count). The Morgan fingerprint density at radius 2 is 2.44 bits per heavy atom. The van der Waals surface area contributed by atoms with Gasteiger partial charge in [0.2, 0.25) is 10.9 Å². The van der Waals surface area contributed by atoms with Crippen LogP contribution in [0.15, 0.2) is 23.5 Å². The molecular formula is C5H5N2O2+. The summed E-state index contributed by atoms with van der Waals surface area (Å²) in [5.41, 5.74) is 0. The maximum atomic E-state index is 9.79. The van der Waals surface area contributed by atoms with Crippen molar-refractivity contribution in [3.8, 4) is 5.75 Å². The van der Waals surface area contributed by atoms with Gasteiger partial charge in [-0.1, -0.05) is 0 Å². The van der Waals surface area contributed by atoms with E-state index >= 15 is 0 Å². The van der Waals surface area contributed by atoms with Gasteiger partial charge in [-0.15, -0.1) is 0 Å². The highest BCUT2D eigenvalue weighted by Crippen LogP contribution is 2.16. The van der Waals surface area contributed by atoms with Crippen LogP contribution in [0.2, 0.25) is 0 Å². The topological polar surface area (TPSA) is 63.8 Å². The molecule has 0 saturated heterocycles. The van der Waals surface area contributed by atoms with E-state index in [-0.39, 0.29) is 11.6 Å². The SMILES string of the molecule is O=Nc1[nH+]cccc1O. The van der Waals surface area contributed by atoms with Crippen LogP contribution in [0.3, 0.4) is 0 Å². The molecular weight excluding hydrogens is 120 g/mol. The second-order valence-electron chi connectivity index (χ2n) is 1.50. The van der Waals surface area contributed by atoms with Crippen molar-refractivity contribution in [3.63, 3.8) is 0 Å². The van der Waals surface area contributed by atoms with Crippen LogP contribution in [0.4, 0.5) is 5.82 Å². The van der Waals surface area contributed by atoms with E-state index in [1.165, 1.54) is 12.3 Å². The number of aromatic amines is 1. The van der Waals surface area contributed by atoms with Gasteiger partial charge in [-0.3, -0.25) is 0 Å². The third kappa shape index (κ3) is 1.02. The van der Waals surface area contributed by atoms with E-state index in [9.17, 15) is 4.91 Å². The Balaban J connectivity index is 3.15. The molecule has 0 spiro atoms. The number of pyridine rings is 1. The number of nitrogens with zero attached hydrogens (tertiary/aromatic N) is 1. The van der Waals surface area contributed by atoms with E-state index in [1.807, 2.05) is 0 Å². The molecule has 0 aliphatic heterocycles. The van der Waals surface area contributed by atoms with E-state index in [0.717, 1.165) is 0 Å². The second kappa shape index (κ2) is 2.21. The molecule has 1 aromatic rings. The maximum Gasteiger partial charge on any atom is 0.414 e. The molecule has 1 heterocycles. The first-order valence-corrected chi connectivity index (χ1v) is 2.37. The van der Waals surface area contributed by atoms with Crippen LogP contribution in [-0.4, -0.2) is 5.11 Å². The first kappa shape index (κ1) is 5.68. The third-order valence-electron chi connectivity index (χ3n) is 0.904. The van der Waals surface area contributed by atoms with Crippen molar-refractivity contribution >= 4 is 5.82 Å². The molecule has 46 valence electrons. The van der Waals surface area contributed by atoms with Gasteiger partial charge in [0.05, 0.1) is 6.20 Å². The molecule has 2 N–H and O–H groups in total. The third-order valence-corrected chi connectivity index (χ3v) is 0.904. The van der Waals surface area contributed by atoms with Crippen molar-refractivity contribution in [2.45, 2.75) is 0 Å². The summed E-state index contributed by atoms with van der Waals surface area (Å²) < 4.78 is 0. The number of hydrogen-bond acceptors (Lipinski definition) is 3. The molecule has 0 unspecified atom stereocenters. The molecule has 0 amide bonds. The molecule has 0 aliphatic rings. The summed E-state index contributed by atoms with van der Waals surface area (Å²) in [4.78, 5) is 12.2. The quantitative estimate of drug-likeness (QED) is 0.558. The summed E-state index contributed by atoms with van der Waals surface area (Å²) in [6, 6.07) is 2.96. The molecule has 0 aromatic carbocycles.